The highest BCUT2D eigenvalue weighted by Gasteiger charge is 2.17. The van der Waals surface area contributed by atoms with Crippen LogP contribution in [0.15, 0.2) is 23.1 Å². The van der Waals surface area contributed by atoms with Crippen LogP contribution in [0.3, 0.4) is 0 Å². The third-order valence-corrected chi connectivity index (χ3v) is 3.78. The highest BCUT2D eigenvalue weighted by Crippen LogP contribution is 2.21. The molecule has 0 aromatic heterocycles. The van der Waals surface area contributed by atoms with E-state index in [1.807, 2.05) is 13.8 Å². The van der Waals surface area contributed by atoms with Gasteiger partial charge in [-0.3, -0.25) is 15.5 Å². The SMILES string of the molecule is CC(C)Cc1ccc(C(=O)NC(=N)N)cc1S(C)(=O)=O.Cl. The highest BCUT2D eigenvalue weighted by atomic mass is 35.5. The number of nitrogens with one attached hydrogen (secondary N) is 2. The Kier molecular flexibility index (Phi) is 6.85. The van der Waals surface area contributed by atoms with Crippen LogP contribution < -0.4 is 11.1 Å². The first kappa shape index (κ1) is 19.4. The van der Waals surface area contributed by atoms with Crippen molar-refractivity contribution < 1.29 is 13.2 Å². The summed E-state index contributed by atoms with van der Waals surface area (Å²) in [6.45, 7) is 3.98. The van der Waals surface area contributed by atoms with Gasteiger partial charge in [0.25, 0.3) is 5.91 Å². The van der Waals surface area contributed by atoms with Crippen molar-refractivity contribution in [2.45, 2.75) is 25.2 Å². The van der Waals surface area contributed by atoms with Gasteiger partial charge in [-0.2, -0.15) is 0 Å². The molecule has 0 aliphatic rings. The second kappa shape index (κ2) is 7.42. The van der Waals surface area contributed by atoms with Crippen molar-refractivity contribution in [3.8, 4) is 0 Å². The van der Waals surface area contributed by atoms with E-state index in [9.17, 15) is 13.2 Å². The Morgan fingerprint density at radius 3 is 2.38 bits per heavy atom. The van der Waals surface area contributed by atoms with Crippen molar-refractivity contribution in [3.05, 3.63) is 29.3 Å². The molecular weight excluding hydrogens is 314 g/mol. The highest BCUT2D eigenvalue weighted by molar-refractivity contribution is 7.90. The molecule has 118 valence electrons. The standard InChI is InChI=1S/C13H19N3O3S.ClH/c1-8(2)6-9-4-5-10(12(17)16-13(14)15)7-11(9)20(3,18)19;/h4-5,7-8H,6H2,1-3H3,(H4,14,15,16,17);1H. The quantitative estimate of drug-likeness (QED) is 0.569. The van der Waals surface area contributed by atoms with Gasteiger partial charge in [0.15, 0.2) is 15.8 Å². The van der Waals surface area contributed by atoms with Crippen molar-refractivity contribution in [2.24, 2.45) is 11.7 Å². The number of halogens is 1. The van der Waals surface area contributed by atoms with Crippen molar-refractivity contribution in [1.29, 1.82) is 5.41 Å². The summed E-state index contributed by atoms with van der Waals surface area (Å²) in [6, 6.07) is 4.49. The lowest BCUT2D eigenvalue weighted by Crippen LogP contribution is -2.35. The molecule has 0 atom stereocenters. The third kappa shape index (κ3) is 5.73. The van der Waals surface area contributed by atoms with Crippen LogP contribution >= 0.6 is 12.4 Å². The van der Waals surface area contributed by atoms with Gasteiger partial charge in [-0.15, -0.1) is 12.4 Å². The number of hydrogen-bond acceptors (Lipinski definition) is 4. The minimum Gasteiger partial charge on any atom is -0.370 e. The minimum atomic E-state index is -3.43. The van der Waals surface area contributed by atoms with E-state index in [0.29, 0.717) is 17.9 Å². The van der Waals surface area contributed by atoms with Gasteiger partial charge in [0.2, 0.25) is 0 Å². The number of sulfone groups is 1. The zero-order valence-corrected chi connectivity index (χ0v) is 13.8. The van der Waals surface area contributed by atoms with E-state index >= 15 is 0 Å². The molecule has 0 aliphatic carbocycles. The van der Waals surface area contributed by atoms with E-state index in [1.165, 1.54) is 12.1 Å². The van der Waals surface area contributed by atoms with Gasteiger partial charge in [-0.05, 0) is 30.0 Å². The largest absolute Gasteiger partial charge is 0.370 e. The van der Waals surface area contributed by atoms with Crippen LogP contribution in [0.5, 0.6) is 0 Å². The zero-order valence-electron chi connectivity index (χ0n) is 12.1. The summed E-state index contributed by atoms with van der Waals surface area (Å²) in [7, 11) is -3.43. The lowest BCUT2D eigenvalue weighted by atomic mass is 10.0. The first-order valence-corrected chi connectivity index (χ1v) is 7.98. The Hall–Kier alpha value is -1.60. The number of benzene rings is 1. The fourth-order valence-electron chi connectivity index (χ4n) is 1.84. The van der Waals surface area contributed by atoms with E-state index in [1.54, 1.807) is 6.07 Å². The maximum Gasteiger partial charge on any atom is 0.257 e. The second-order valence-electron chi connectivity index (χ2n) is 5.06. The number of hydrogen-bond donors (Lipinski definition) is 3. The molecule has 0 heterocycles. The third-order valence-electron chi connectivity index (χ3n) is 2.61. The first-order valence-electron chi connectivity index (χ1n) is 6.09. The fraction of sp³-hybridized carbons (Fsp3) is 0.385. The monoisotopic (exact) mass is 333 g/mol. The molecule has 1 aromatic rings. The summed E-state index contributed by atoms with van der Waals surface area (Å²) in [5.74, 6) is -0.784. The molecule has 4 N–H and O–H groups in total. The van der Waals surface area contributed by atoms with Gasteiger partial charge >= 0.3 is 0 Å². The molecule has 0 saturated heterocycles. The topological polar surface area (TPSA) is 113 Å². The molecule has 0 radical (unpaired) electrons. The summed E-state index contributed by atoms with van der Waals surface area (Å²) in [5.41, 5.74) is 5.93. The van der Waals surface area contributed by atoms with Crippen LogP contribution in [0.4, 0.5) is 0 Å². The molecule has 0 unspecified atom stereocenters. The maximum absolute atomic E-state index is 11.8. The van der Waals surface area contributed by atoms with Gasteiger partial charge in [-0.1, -0.05) is 19.9 Å². The van der Waals surface area contributed by atoms with Crippen molar-refractivity contribution in [2.75, 3.05) is 6.26 Å². The number of amides is 1. The molecule has 1 rings (SSSR count). The number of nitrogens with two attached hydrogens (primary N) is 1. The predicted octanol–water partition coefficient (Wildman–Crippen LogP) is 1.33. The van der Waals surface area contributed by atoms with Crippen molar-refractivity contribution in [1.82, 2.24) is 5.32 Å². The van der Waals surface area contributed by atoms with E-state index in [-0.39, 0.29) is 22.9 Å². The van der Waals surface area contributed by atoms with Crippen LogP contribution in [-0.2, 0) is 16.3 Å². The van der Waals surface area contributed by atoms with E-state index in [4.69, 9.17) is 11.1 Å². The van der Waals surface area contributed by atoms with Crippen molar-refractivity contribution in [3.63, 3.8) is 0 Å². The molecule has 0 spiro atoms. The summed E-state index contributed by atoms with van der Waals surface area (Å²) >= 11 is 0. The Labute approximate surface area is 131 Å². The smallest absolute Gasteiger partial charge is 0.257 e. The number of rotatable bonds is 4. The molecule has 8 heteroatoms. The van der Waals surface area contributed by atoms with E-state index in [0.717, 1.165) is 6.26 Å². The molecule has 1 amide bonds. The van der Waals surface area contributed by atoms with Crippen LogP contribution in [0.25, 0.3) is 0 Å². The summed E-state index contributed by atoms with van der Waals surface area (Å²) in [5, 5.41) is 9.14. The Balaban J connectivity index is 0.00000400. The molecule has 21 heavy (non-hydrogen) atoms. The number of carbonyl (C=O) groups is 1. The van der Waals surface area contributed by atoms with Gasteiger partial charge in [0, 0.05) is 11.8 Å². The van der Waals surface area contributed by atoms with Gasteiger partial charge < -0.3 is 5.73 Å². The molecule has 0 fully saturated rings. The second-order valence-corrected chi connectivity index (χ2v) is 7.04. The molecule has 1 aromatic carbocycles. The minimum absolute atomic E-state index is 0. The summed E-state index contributed by atoms with van der Waals surface area (Å²) < 4.78 is 23.7. The number of carbonyl (C=O) groups excluding carboxylic acids is 1. The summed E-state index contributed by atoms with van der Waals surface area (Å²) in [4.78, 5) is 11.9. The van der Waals surface area contributed by atoms with Crippen LogP contribution in [0, 0.1) is 11.3 Å². The van der Waals surface area contributed by atoms with E-state index < -0.39 is 21.7 Å². The maximum atomic E-state index is 11.8. The Bertz CT molecular complexity index is 642. The van der Waals surface area contributed by atoms with Crippen LogP contribution in [0.2, 0.25) is 0 Å². The zero-order chi connectivity index (χ0) is 15.5. The van der Waals surface area contributed by atoms with Crippen molar-refractivity contribution >= 4 is 34.1 Å². The molecular formula is C13H20ClN3O3S. The van der Waals surface area contributed by atoms with Gasteiger partial charge in [0.1, 0.15) is 0 Å². The number of guanidine groups is 1. The lowest BCUT2D eigenvalue weighted by molar-refractivity contribution is 0.0976. The predicted molar refractivity (Wildman–Crippen MR) is 84.7 cm³/mol. The molecule has 0 aliphatic heterocycles. The Morgan fingerprint density at radius 1 is 1.38 bits per heavy atom. The van der Waals surface area contributed by atoms with Gasteiger partial charge in [-0.25, -0.2) is 8.42 Å². The fourth-order valence-corrected chi connectivity index (χ4v) is 2.81. The normalized spacial score (nSPS) is 10.9. The molecule has 0 saturated carbocycles. The van der Waals surface area contributed by atoms with E-state index in [2.05, 4.69) is 5.32 Å². The lowest BCUT2D eigenvalue weighted by Gasteiger charge is -2.12. The van der Waals surface area contributed by atoms with Crippen LogP contribution in [0.1, 0.15) is 29.8 Å². The van der Waals surface area contributed by atoms with Gasteiger partial charge in [0.05, 0.1) is 4.90 Å². The first-order chi connectivity index (χ1) is 9.11. The molecule has 0 bridgehead atoms. The Morgan fingerprint density at radius 2 is 1.95 bits per heavy atom. The average Bonchev–Trinajstić information content (AvgIpc) is 2.26. The average molecular weight is 334 g/mol. The summed E-state index contributed by atoms with van der Waals surface area (Å²) in [6.07, 6.45) is 1.72. The van der Waals surface area contributed by atoms with Crippen LogP contribution in [-0.4, -0.2) is 26.5 Å². The molecule has 6 nitrogen and oxygen atoms in total.